The molecule has 0 atom stereocenters. The fourth-order valence-electron chi connectivity index (χ4n) is 2.61. The second-order valence-corrected chi connectivity index (χ2v) is 7.69. The molecule has 0 unspecified atom stereocenters. The molecule has 1 nitrogen and oxygen atoms in total. The Morgan fingerprint density at radius 1 is 0.762 bits per heavy atom. The molecule has 0 aliphatic carbocycles. The van der Waals surface area contributed by atoms with E-state index in [-0.39, 0.29) is 15.3 Å². The van der Waals surface area contributed by atoms with E-state index in [0.717, 1.165) is 12.1 Å². The van der Waals surface area contributed by atoms with Crippen LogP contribution in [0, 0.1) is 3.95 Å². The van der Waals surface area contributed by atoms with E-state index in [1.54, 1.807) is 0 Å². The first-order valence-electron chi connectivity index (χ1n) is 7.08. The van der Waals surface area contributed by atoms with Crippen molar-refractivity contribution in [3.63, 3.8) is 0 Å². The first-order valence-corrected chi connectivity index (χ1v) is 8.95. The van der Waals surface area contributed by atoms with Gasteiger partial charge in [0.05, 0.1) is 0 Å². The Labute approximate surface area is 130 Å². The molecule has 3 aromatic carbocycles. The molecule has 2 heteroatoms. The number of benzene rings is 3. The predicted molar refractivity (Wildman–Crippen MR) is 87.2 cm³/mol. The van der Waals surface area contributed by atoms with Crippen molar-refractivity contribution in [2.75, 3.05) is 0 Å². The molecular weight excluding hydrogens is 317 g/mol. The van der Waals surface area contributed by atoms with Crippen molar-refractivity contribution in [1.29, 1.82) is 0 Å². The van der Waals surface area contributed by atoms with E-state index in [1.165, 1.54) is 24.8 Å². The number of rotatable bonds is 2. The number of hydrogen-bond donors (Lipinski definition) is 0. The average Bonchev–Trinajstić information content (AvgIpc) is 2.54. The number of para-hydroxylation sites is 1. The quantitative estimate of drug-likeness (QED) is 0.501. The van der Waals surface area contributed by atoms with E-state index in [9.17, 15) is 0 Å². The van der Waals surface area contributed by atoms with Gasteiger partial charge < -0.3 is 0 Å². The SMILES string of the molecule is c1ccc(Cc2ccc3c(c2)=Nc2ccccc2[As]=3)cc1. The van der Waals surface area contributed by atoms with E-state index in [4.69, 9.17) is 4.99 Å². The zero-order valence-corrected chi connectivity index (χ0v) is 13.4. The van der Waals surface area contributed by atoms with Gasteiger partial charge in [0.25, 0.3) is 0 Å². The maximum atomic E-state index is 4.83. The summed E-state index contributed by atoms with van der Waals surface area (Å²) in [6, 6.07) is 25.9. The molecule has 100 valence electrons. The molecule has 0 saturated heterocycles. The van der Waals surface area contributed by atoms with Crippen molar-refractivity contribution in [3.05, 3.63) is 93.2 Å². The summed E-state index contributed by atoms with van der Waals surface area (Å²) >= 11 is 0.0676. The summed E-state index contributed by atoms with van der Waals surface area (Å²) in [6.07, 6.45) is 0.974. The van der Waals surface area contributed by atoms with E-state index in [0.29, 0.717) is 0 Å². The molecule has 3 aromatic rings. The Hall–Kier alpha value is -1.98. The third kappa shape index (κ3) is 2.62. The monoisotopic (exact) mass is 331 g/mol. The second-order valence-electron chi connectivity index (χ2n) is 5.20. The zero-order chi connectivity index (χ0) is 14.1. The van der Waals surface area contributed by atoms with Gasteiger partial charge in [0, 0.05) is 0 Å². The van der Waals surface area contributed by atoms with Gasteiger partial charge in [0.15, 0.2) is 0 Å². The fraction of sp³-hybridized carbons (Fsp3) is 0.0526. The van der Waals surface area contributed by atoms with Crippen LogP contribution in [0.4, 0.5) is 5.69 Å². The van der Waals surface area contributed by atoms with Crippen LogP contribution in [0.15, 0.2) is 77.8 Å². The first-order chi connectivity index (χ1) is 10.4. The molecule has 0 saturated carbocycles. The Balaban J connectivity index is 1.77. The van der Waals surface area contributed by atoms with Gasteiger partial charge in [-0.2, -0.15) is 0 Å². The van der Waals surface area contributed by atoms with Crippen LogP contribution in [0.1, 0.15) is 11.1 Å². The number of nitrogens with zero attached hydrogens (tertiary/aromatic N) is 1. The zero-order valence-electron chi connectivity index (χ0n) is 11.5. The minimum absolute atomic E-state index is 0.0676. The van der Waals surface area contributed by atoms with Crippen LogP contribution in [0.3, 0.4) is 0 Å². The molecule has 0 bridgehead atoms. The average molecular weight is 331 g/mol. The molecular formula is C19H14AsN. The van der Waals surface area contributed by atoms with Crippen molar-refractivity contribution in [2.45, 2.75) is 6.42 Å². The van der Waals surface area contributed by atoms with Gasteiger partial charge >= 0.3 is 130 Å². The molecule has 0 amide bonds. The van der Waals surface area contributed by atoms with Gasteiger partial charge in [0.2, 0.25) is 0 Å². The van der Waals surface area contributed by atoms with Crippen LogP contribution >= 0.6 is 0 Å². The molecule has 21 heavy (non-hydrogen) atoms. The molecule has 1 aliphatic rings. The molecule has 0 spiro atoms. The standard InChI is InChI=1S/C19H14AsN/c1-2-6-14(7-3-1)12-15-10-11-17-19(13-15)21-18-9-5-4-8-16(18)20-17/h1-11,13H,12H2. The molecule has 0 N–H and O–H groups in total. The number of hydrogen-bond acceptors (Lipinski definition) is 1. The second kappa shape index (κ2) is 5.42. The van der Waals surface area contributed by atoms with Gasteiger partial charge in [-0.05, 0) is 0 Å². The summed E-state index contributed by atoms with van der Waals surface area (Å²) < 4.78 is 2.83. The van der Waals surface area contributed by atoms with Gasteiger partial charge in [-0.3, -0.25) is 0 Å². The van der Waals surface area contributed by atoms with E-state index < -0.39 is 0 Å². The van der Waals surface area contributed by atoms with Gasteiger partial charge in [-0.25, -0.2) is 0 Å². The third-order valence-electron chi connectivity index (χ3n) is 3.65. The third-order valence-corrected chi connectivity index (χ3v) is 6.25. The van der Waals surface area contributed by atoms with Gasteiger partial charge in [-0.1, -0.05) is 0 Å². The van der Waals surface area contributed by atoms with Gasteiger partial charge in [-0.15, -0.1) is 0 Å². The fourth-order valence-corrected chi connectivity index (χ4v) is 4.78. The van der Waals surface area contributed by atoms with Crippen LogP contribution < -0.4 is 9.71 Å². The molecule has 0 radical (unpaired) electrons. The summed E-state index contributed by atoms with van der Waals surface area (Å²) in [5, 5.41) is 1.17. The molecule has 1 heterocycles. The Kier molecular flexibility index (Phi) is 3.29. The van der Waals surface area contributed by atoms with Crippen LogP contribution in [-0.2, 0) is 6.42 Å². The van der Waals surface area contributed by atoms with Crippen molar-refractivity contribution in [2.24, 2.45) is 4.99 Å². The number of fused-ring (bicyclic) bond motifs is 2. The predicted octanol–water partition coefficient (Wildman–Crippen LogP) is 2.82. The molecule has 4 rings (SSSR count). The minimum atomic E-state index is 0.0676. The Morgan fingerprint density at radius 2 is 1.57 bits per heavy atom. The van der Waals surface area contributed by atoms with Crippen molar-refractivity contribution in [3.8, 4) is 0 Å². The normalized spacial score (nSPS) is 12.6. The summed E-state index contributed by atoms with van der Waals surface area (Å²) in [7, 11) is 0. The molecule has 1 aliphatic heterocycles. The summed E-state index contributed by atoms with van der Waals surface area (Å²) in [6.45, 7) is 0. The Bertz CT molecular complexity index is 914. The summed E-state index contributed by atoms with van der Waals surface area (Å²) in [5.74, 6) is 0. The molecule has 0 aromatic heterocycles. The van der Waals surface area contributed by atoms with Crippen LogP contribution in [-0.4, -0.2) is 15.3 Å². The Morgan fingerprint density at radius 3 is 2.48 bits per heavy atom. The van der Waals surface area contributed by atoms with E-state index in [2.05, 4.69) is 72.8 Å². The van der Waals surface area contributed by atoms with Crippen molar-refractivity contribution < 1.29 is 0 Å². The van der Waals surface area contributed by atoms with Crippen molar-refractivity contribution >= 4 is 25.3 Å². The van der Waals surface area contributed by atoms with Crippen LogP contribution in [0.5, 0.6) is 0 Å². The van der Waals surface area contributed by atoms with Crippen molar-refractivity contribution in [1.82, 2.24) is 0 Å². The van der Waals surface area contributed by atoms with Crippen LogP contribution in [0.2, 0.25) is 0 Å². The summed E-state index contributed by atoms with van der Waals surface area (Å²) in [5.41, 5.74) is 3.84. The van der Waals surface area contributed by atoms with Crippen LogP contribution in [0.25, 0.3) is 0 Å². The topological polar surface area (TPSA) is 12.4 Å². The molecule has 0 fully saturated rings. The summed E-state index contributed by atoms with van der Waals surface area (Å²) in [4.78, 5) is 4.83. The van der Waals surface area contributed by atoms with E-state index >= 15 is 0 Å². The maximum absolute atomic E-state index is 4.83. The first kappa shape index (κ1) is 12.7. The van der Waals surface area contributed by atoms with Gasteiger partial charge in [0.1, 0.15) is 0 Å². The van der Waals surface area contributed by atoms with E-state index in [1.807, 2.05) is 0 Å².